The average Bonchev–Trinajstić information content (AvgIpc) is 2.36. The van der Waals surface area contributed by atoms with Gasteiger partial charge in [-0.1, -0.05) is 0 Å². The van der Waals surface area contributed by atoms with Gasteiger partial charge in [0.25, 0.3) is 0 Å². The van der Waals surface area contributed by atoms with Crippen LogP contribution in [0.15, 0.2) is 17.0 Å². The molecule has 0 aromatic carbocycles. The van der Waals surface area contributed by atoms with Crippen LogP contribution in [0.3, 0.4) is 0 Å². The molecule has 1 saturated heterocycles. The minimum atomic E-state index is 0.808. The normalized spacial score (nSPS) is 17.0. The minimum absolute atomic E-state index is 0.808. The first-order valence-electron chi connectivity index (χ1n) is 5.86. The Bertz CT molecular complexity index is 344. The lowest BCUT2D eigenvalue weighted by molar-refractivity contribution is 0.0378. The highest BCUT2D eigenvalue weighted by atomic mass is 79.9. The van der Waals surface area contributed by atoms with Gasteiger partial charge in [0.1, 0.15) is 16.7 Å². The van der Waals surface area contributed by atoms with Gasteiger partial charge in [-0.15, -0.1) is 0 Å². The highest BCUT2D eigenvalue weighted by Gasteiger charge is 2.08. The SMILES string of the molecule is Brc1cc(NCCCN2CCOCC2)ncn1. The van der Waals surface area contributed by atoms with Crippen LogP contribution >= 0.6 is 15.9 Å². The Morgan fingerprint density at radius 3 is 2.94 bits per heavy atom. The summed E-state index contributed by atoms with van der Waals surface area (Å²) in [4.78, 5) is 10.6. The number of halogens is 1. The molecule has 2 rings (SSSR count). The molecule has 2 heterocycles. The van der Waals surface area contributed by atoms with Crippen LogP contribution in [0.4, 0.5) is 5.82 Å². The van der Waals surface area contributed by atoms with Gasteiger partial charge in [-0.2, -0.15) is 0 Å². The van der Waals surface area contributed by atoms with Crippen LogP contribution in [-0.4, -0.2) is 54.3 Å². The number of aromatic nitrogens is 2. The van der Waals surface area contributed by atoms with Crippen LogP contribution < -0.4 is 5.32 Å². The molecule has 0 atom stereocenters. The van der Waals surface area contributed by atoms with Gasteiger partial charge in [-0.05, 0) is 28.9 Å². The van der Waals surface area contributed by atoms with Crippen LogP contribution in [0.1, 0.15) is 6.42 Å². The van der Waals surface area contributed by atoms with Gasteiger partial charge in [-0.3, -0.25) is 4.90 Å². The van der Waals surface area contributed by atoms with E-state index in [1.165, 1.54) is 0 Å². The summed E-state index contributed by atoms with van der Waals surface area (Å²) in [5.41, 5.74) is 0. The largest absolute Gasteiger partial charge is 0.379 e. The Labute approximate surface area is 110 Å². The second-order valence-corrected chi connectivity index (χ2v) is 4.77. The lowest BCUT2D eigenvalue weighted by Crippen LogP contribution is -2.37. The summed E-state index contributed by atoms with van der Waals surface area (Å²) in [7, 11) is 0. The molecule has 1 aliphatic heterocycles. The fourth-order valence-electron chi connectivity index (χ4n) is 1.77. The fourth-order valence-corrected chi connectivity index (χ4v) is 2.08. The zero-order chi connectivity index (χ0) is 11.9. The monoisotopic (exact) mass is 300 g/mol. The second kappa shape index (κ2) is 6.88. The van der Waals surface area contributed by atoms with Crippen LogP contribution in [-0.2, 0) is 4.74 Å². The number of hydrogen-bond donors (Lipinski definition) is 1. The highest BCUT2D eigenvalue weighted by Crippen LogP contribution is 2.09. The summed E-state index contributed by atoms with van der Waals surface area (Å²) in [6.45, 7) is 5.89. The summed E-state index contributed by atoms with van der Waals surface area (Å²) in [6, 6.07) is 1.88. The Morgan fingerprint density at radius 2 is 2.18 bits per heavy atom. The third-order valence-electron chi connectivity index (χ3n) is 2.69. The van der Waals surface area contributed by atoms with Crippen LogP contribution in [0.2, 0.25) is 0 Å². The van der Waals surface area contributed by atoms with E-state index in [1.54, 1.807) is 6.33 Å². The maximum atomic E-state index is 5.31. The van der Waals surface area contributed by atoms with E-state index >= 15 is 0 Å². The molecule has 1 fully saturated rings. The number of nitrogens with zero attached hydrogens (tertiary/aromatic N) is 3. The standard InChI is InChI=1S/C11H17BrN4O/c12-10-8-11(15-9-14-10)13-2-1-3-16-4-6-17-7-5-16/h8-9H,1-7H2,(H,13,14,15). The maximum absolute atomic E-state index is 5.31. The fraction of sp³-hybridized carbons (Fsp3) is 0.636. The number of hydrogen-bond acceptors (Lipinski definition) is 5. The molecule has 5 nitrogen and oxygen atoms in total. The van der Waals surface area contributed by atoms with E-state index in [1.807, 2.05) is 6.07 Å². The Balaban J connectivity index is 1.62. The number of rotatable bonds is 5. The molecule has 0 spiro atoms. The zero-order valence-electron chi connectivity index (χ0n) is 9.73. The number of ether oxygens (including phenoxy) is 1. The quantitative estimate of drug-likeness (QED) is 0.657. The molecular weight excluding hydrogens is 284 g/mol. The average molecular weight is 301 g/mol. The first-order chi connectivity index (χ1) is 8.34. The van der Waals surface area contributed by atoms with Crippen molar-refractivity contribution in [2.75, 3.05) is 44.7 Å². The molecule has 0 amide bonds. The van der Waals surface area contributed by atoms with Gasteiger partial charge in [0.15, 0.2) is 0 Å². The summed E-state index contributed by atoms with van der Waals surface area (Å²) < 4.78 is 6.12. The molecule has 0 unspecified atom stereocenters. The van der Waals surface area contributed by atoms with Gasteiger partial charge in [0.05, 0.1) is 13.2 Å². The van der Waals surface area contributed by atoms with Crippen molar-refractivity contribution in [3.63, 3.8) is 0 Å². The van der Waals surface area contributed by atoms with Gasteiger partial charge in [0, 0.05) is 25.7 Å². The summed E-state index contributed by atoms with van der Waals surface area (Å²) in [5.74, 6) is 0.869. The van der Waals surface area contributed by atoms with E-state index in [0.717, 1.165) is 56.2 Å². The van der Waals surface area contributed by atoms with Crippen molar-refractivity contribution in [1.82, 2.24) is 14.9 Å². The molecule has 1 aliphatic rings. The van der Waals surface area contributed by atoms with E-state index in [9.17, 15) is 0 Å². The lowest BCUT2D eigenvalue weighted by Gasteiger charge is -2.26. The van der Waals surface area contributed by atoms with Gasteiger partial charge >= 0.3 is 0 Å². The first-order valence-corrected chi connectivity index (χ1v) is 6.65. The predicted octanol–water partition coefficient (Wildman–Crippen LogP) is 1.37. The van der Waals surface area contributed by atoms with E-state index in [4.69, 9.17) is 4.74 Å². The van der Waals surface area contributed by atoms with E-state index in [-0.39, 0.29) is 0 Å². The molecule has 94 valence electrons. The van der Waals surface area contributed by atoms with Crippen molar-refractivity contribution in [2.24, 2.45) is 0 Å². The van der Waals surface area contributed by atoms with Crippen LogP contribution in [0, 0.1) is 0 Å². The smallest absolute Gasteiger partial charge is 0.130 e. The Kier molecular flexibility index (Phi) is 5.15. The number of morpholine rings is 1. The van der Waals surface area contributed by atoms with Crippen molar-refractivity contribution in [2.45, 2.75) is 6.42 Å². The summed E-state index contributed by atoms with van der Waals surface area (Å²) in [5, 5.41) is 3.29. The molecule has 0 aliphatic carbocycles. The molecule has 1 aromatic rings. The zero-order valence-corrected chi connectivity index (χ0v) is 11.3. The number of anilines is 1. The molecule has 0 radical (unpaired) electrons. The minimum Gasteiger partial charge on any atom is -0.379 e. The van der Waals surface area contributed by atoms with Gasteiger partial charge in [-0.25, -0.2) is 9.97 Å². The van der Waals surface area contributed by atoms with Gasteiger partial charge < -0.3 is 10.1 Å². The highest BCUT2D eigenvalue weighted by molar-refractivity contribution is 9.10. The van der Waals surface area contributed by atoms with Gasteiger partial charge in [0.2, 0.25) is 0 Å². The van der Waals surface area contributed by atoms with Crippen LogP contribution in [0.5, 0.6) is 0 Å². The summed E-state index contributed by atoms with van der Waals surface area (Å²) >= 11 is 3.32. The predicted molar refractivity (Wildman–Crippen MR) is 70.1 cm³/mol. The maximum Gasteiger partial charge on any atom is 0.130 e. The van der Waals surface area contributed by atoms with Crippen molar-refractivity contribution in [3.05, 3.63) is 17.0 Å². The molecule has 0 bridgehead atoms. The molecule has 0 saturated carbocycles. The molecular formula is C11H17BrN4O. The second-order valence-electron chi connectivity index (χ2n) is 3.96. The number of nitrogens with one attached hydrogen (secondary N) is 1. The third kappa shape index (κ3) is 4.57. The molecule has 1 N–H and O–H groups in total. The Morgan fingerprint density at radius 1 is 1.35 bits per heavy atom. The van der Waals surface area contributed by atoms with E-state index in [0.29, 0.717) is 0 Å². The van der Waals surface area contributed by atoms with Crippen molar-refractivity contribution in [3.8, 4) is 0 Å². The third-order valence-corrected chi connectivity index (χ3v) is 3.13. The molecule has 1 aromatic heterocycles. The topological polar surface area (TPSA) is 50.3 Å². The lowest BCUT2D eigenvalue weighted by atomic mass is 10.3. The van der Waals surface area contributed by atoms with E-state index in [2.05, 4.69) is 36.1 Å². The molecule has 17 heavy (non-hydrogen) atoms. The van der Waals surface area contributed by atoms with Crippen molar-refractivity contribution in [1.29, 1.82) is 0 Å². The van der Waals surface area contributed by atoms with Crippen molar-refractivity contribution >= 4 is 21.7 Å². The Hall–Kier alpha value is -0.720. The molecule has 6 heteroatoms. The van der Waals surface area contributed by atoms with Crippen molar-refractivity contribution < 1.29 is 4.74 Å². The summed E-state index contributed by atoms with van der Waals surface area (Å²) in [6.07, 6.45) is 2.66. The first kappa shape index (κ1) is 12.7. The van der Waals surface area contributed by atoms with Crippen LogP contribution in [0.25, 0.3) is 0 Å². The van der Waals surface area contributed by atoms with E-state index < -0.39 is 0 Å².